The van der Waals surface area contributed by atoms with Crippen LogP contribution >= 0.6 is 0 Å². The van der Waals surface area contributed by atoms with Crippen molar-refractivity contribution in [3.05, 3.63) is 0 Å². The fraction of sp³-hybridized carbons (Fsp3) is 0.959. The molecule has 5 aliphatic rings. The molecule has 122 heavy (non-hydrogen) atoms. The molecule has 5 heterocycles. The van der Waals surface area contributed by atoms with Crippen molar-refractivity contribution in [3.8, 4) is 0 Å². The van der Waals surface area contributed by atoms with Crippen molar-refractivity contribution in [2.45, 2.75) is 239 Å². The molecular weight excluding hydrogens is 1960 g/mol. The third kappa shape index (κ3) is 47.9. The van der Waals surface area contributed by atoms with Crippen LogP contribution in [-0.2, 0) is 212 Å². The van der Waals surface area contributed by atoms with Crippen LogP contribution in [0.15, 0.2) is 0 Å². The summed E-state index contributed by atoms with van der Waals surface area (Å²) in [5, 5.41) is 27.3. The van der Waals surface area contributed by atoms with Crippen molar-refractivity contribution in [2.75, 3.05) is 61.0 Å². The number of carbonyl (C=O) groups is 2. The Morgan fingerprint density at radius 2 is 0.508 bits per heavy atom. The van der Waals surface area contributed by atoms with Gasteiger partial charge in [0.2, 0.25) is 93.6 Å². The molecule has 73 heteroatoms. The Labute approximate surface area is 902 Å². The summed E-state index contributed by atoms with van der Waals surface area (Å²) in [6.45, 7) is -2.64. The third-order valence-corrected chi connectivity index (χ3v) is 20.1. The van der Waals surface area contributed by atoms with E-state index in [1.807, 2.05) is 0 Å². The molecule has 5 rings (SSSR count). The molecule has 55 nitrogen and oxygen atoms in total. The molecule has 0 bridgehead atoms. The first kappa shape index (κ1) is 137. The molecule has 5 saturated heterocycles. The molecule has 5 fully saturated rings. The van der Waals surface area contributed by atoms with E-state index in [1.54, 1.807) is 13.8 Å². The number of hydrogen-bond acceptors (Lipinski definition) is 55. The maximum absolute atomic E-state index is 13.7. The number of methoxy groups -OCH3 is 3. The number of rotatable bonds is 50. The van der Waals surface area contributed by atoms with Gasteiger partial charge in [0.25, 0.3) is 0 Å². The van der Waals surface area contributed by atoms with Gasteiger partial charge in [0.1, 0.15) is 97.7 Å². The average molecular weight is 2040 g/mol. The molecule has 0 N–H and O–H groups in total. The minimum absolute atomic E-state index is 0. The number of unbranched alkanes of at least 4 members (excludes halogenated alkanes) is 7. The fourth-order valence-electron chi connectivity index (χ4n) is 11.7. The summed E-state index contributed by atoms with van der Waals surface area (Å²) < 4.78 is 460. The van der Waals surface area contributed by atoms with Gasteiger partial charge >= 0.3 is 266 Å². The Bertz CT molecular complexity index is 4160. The van der Waals surface area contributed by atoms with Crippen LogP contribution in [0.5, 0.6) is 0 Å². The Balaban J connectivity index is -0.00000507. The van der Waals surface area contributed by atoms with Crippen molar-refractivity contribution in [3.63, 3.8) is 0 Å². The second kappa shape index (κ2) is 61.7. The number of carboxylic acid groups (broad SMARTS) is 2. The average Bonchev–Trinajstić information content (AvgIpc) is 0.753. The standard InChI is InChI=1S/C49H86O55S9.9Na/c1-7-10-13-14-15-16-19-85-31-33(37(44(52)53)98-49(40(31)102-111(72,73)74)94-27-24(21-88-106(57,58)59)90-45(83-6)41(103-112(75,76)77)34(27)99-108(63,64)65)96-48-42(104-113(78,79)80)35(100-109(66,67)68)28(25(92-48)22-89-107(60,61)62)93-46-38(86-18-12-9-3)30(84-17-11-8-2)32(36(97-46)43(50)51)95-47-39(101-110(69,70)71)29(82-5)26(81-4)23(91-47)20-87-105(54,55)56;;;;;;;;;/h23-42,45-49H,7-22H2,1-6H3,(H,50,51)(H,52,53)(H,54,55,56)(H,57,58,59)(H,60,61,62)(H,63,64,65)(H,66,67,68)(H,69,70,71)(H,72,73,74)(H,75,76,77)(H,78,79,80);;;;;;;;;/q;9*+1/p-11. The Kier molecular flexibility index (Phi) is 69.1. The zero-order valence-electron chi connectivity index (χ0n) is 67.9. The summed E-state index contributed by atoms with van der Waals surface area (Å²) in [4.78, 5) is 27.3. The summed E-state index contributed by atoms with van der Waals surface area (Å²) in [5.74, 6) is -5.33. The number of ether oxygens (including phenoxy) is 15. The zero-order valence-corrected chi connectivity index (χ0v) is 93.2. The molecule has 0 aromatic rings. The van der Waals surface area contributed by atoms with Crippen molar-refractivity contribution < 1.29 is 511 Å². The van der Waals surface area contributed by atoms with Crippen LogP contribution in [0.25, 0.3) is 0 Å². The third-order valence-electron chi connectivity index (χ3n) is 16.1. The summed E-state index contributed by atoms with van der Waals surface area (Å²) in [6, 6.07) is 0. The summed E-state index contributed by atoms with van der Waals surface area (Å²) in [6.07, 6.45) is -70.3. The van der Waals surface area contributed by atoms with E-state index in [-0.39, 0.29) is 305 Å². The number of aliphatic carboxylic acids is 2. The van der Waals surface area contributed by atoms with Crippen LogP contribution in [0.1, 0.15) is 85.0 Å². The Hall–Kier alpha value is 6.17. The van der Waals surface area contributed by atoms with Crippen molar-refractivity contribution in [1.29, 1.82) is 0 Å². The van der Waals surface area contributed by atoms with Gasteiger partial charge in [-0.05, 0) is 19.3 Å². The van der Waals surface area contributed by atoms with E-state index in [1.165, 1.54) is 6.92 Å². The van der Waals surface area contributed by atoms with E-state index < -0.39 is 299 Å². The molecule has 0 aromatic carbocycles. The van der Waals surface area contributed by atoms with Crippen LogP contribution in [0.4, 0.5) is 0 Å². The first-order valence-electron chi connectivity index (χ1n) is 32.4. The van der Waals surface area contributed by atoms with Crippen LogP contribution in [-0.4, -0.2) is 343 Å². The zero-order chi connectivity index (χ0) is 85.4. The minimum atomic E-state index is -6.75. The molecule has 0 saturated carbocycles. The summed E-state index contributed by atoms with van der Waals surface area (Å²) in [5.41, 5.74) is 0. The largest absolute Gasteiger partial charge is 1.00 e. The summed E-state index contributed by atoms with van der Waals surface area (Å²) in [7, 11) is -54.6. The van der Waals surface area contributed by atoms with Gasteiger partial charge in [0.05, 0.1) is 31.8 Å². The van der Waals surface area contributed by atoms with Gasteiger partial charge < -0.3 is 132 Å². The van der Waals surface area contributed by atoms with Gasteiger partial charge in [-0.3, -0.25) is 37.6 Å². The van der Waals surface area contributed by atoms with E-state index in [2.05, 4.69) is 33.5 Å². The molecule has 666 valence electrons. The molecular formula is C49H75Na9O55S9-2. The normalized spacial score (nSPS) is 31.1. The number of carbonyl (C=O) groups excluding carboxylic acids is 2. The second-order valence-electron chi connectivity index (χ2n) is 24.0. The van der Waals surface area contributed by atoms with Crippen molar-refractivity contribution in [1.82, 2.24) is 0 Å². The van der Waals surface area contributed by atoms with Gasteiger partial charge in [-0.1, -0.05) is 65.7 Å². The van der Waals surface area contributed by atoms with Crippen LogP contribution in [0.2, 0.25) is 0 Å². The van der Waals surface area contributed by atoms with Crippen LogP contribution < -0.4 is 276 Å². The predicted molar refractivity (Wildman–Crippen MR) is 328 cm³/mol. The molecule has 0 radical (unpaired) electrons. The number of carboxylic acids is 2. The molecule has 5 aliphatic heterocycles. The quantitative estimate of drug-likeness (QED) is 0.0236. The molecule has 0 amide bonds. The first-order chi connectivity index (χ1) is 52.0. The molecule has 25 atom stereocenters. The minimum Gasteiger partial charge on any atom is -0.726 e. The van der Waals surface area contributed by atoms with Gasteiger partial charge in [-0.25, -0.2) is 75.8 Å². The first-order valence-corrected chi connectivity index (χ1v) is 44.4. The van der Waals surface area contributed by atoms with E-state index in [4.69, 9.17) is 75.2 Å². The maximum Gasteiger partial charge on any atom is 1.00 e. The van der Waals surface area contributed by atoms with E-state index >= 15 is 0 Å². The Morgan fingerprint density at radius 1 is 0.262 bits per heavy atom. The van der Waals surface area contributed by atoms with E-state index in [0.717, 1.165) is 14.2 Å². The molecule has 0 aromatic heterocycles. The topological polar surface area (TPSA) is 817 Å². The fourth-order valence-corrected chi connectivity index (χ4v) is 15.5. The Morgan fingerprint density at radius 3 is 0.820 bits per heavy atom. The summed E-state index contributed by atoms with van der Waals surface area (Å²) >= 11 is 0. The van der Waals surface area contributed by atoms with Crippen molar-refractivity contribution >= 4 is 106 Å². The predicted octanol–water partition coefficient (Wildman–Crippen LogP) is -37.0. The van der Waals surface area contributed by atoms with Crippen molar-refractivity contribution in [2.24, 2.45) is 0 Å². The molecule has 0 aliphatic carbocycles. The van der Waals surface area contributed by atoms with Crippen LogP contribution in [0, 0.1) is 0 Å². The van der Waals surface area contributed by atoms with Crippen LogP contribution in [0.3, 0.4) is 0 Å². The van der Waals surface area contributed by atoms with Gasteiger partial charge in [-0.15, -0.1) is 0 Å². The van der Waals surface area contributed by atoms with Gasteiger partial charge in [-0.2, -0.15) is 0 Å². The SMILES string of the molecule is CCCCCCCCOC1C(OS(=O)(=O)[O-])C(OC2C(COS(=O)(=O)[O-])OC(OC)C(OS(=O)(=O)[O-])C2OS(=O)(=O)[O-])OC(C(=O)[O-])C1OC1OC(COS(=O)(=O)[O-])C(OC2OC(C(=O)[O-])C(OC3OC(COS(=O)(=O)[O-])C(OC)C(OC)C3OS(=O)(=O)[O-])C(OCCCC)C2OCCCC)C(OS(=O)(=O)[O-])C1OS(=O)(=O)[O-].[Na+].[Na+].[Na+].[Na+].[Na+].[Na+].[Na+].[Na+].[Na+]. The monoisotopic (exact) mass is 2040 g/mol. The molecule has 25 unspecified atom stereocenters. The maximum atomic E-state index is 13.7. The molecule has 0 spiro atoms. The number of hydrogen-bond donors (Lipinski definition) is 0. The van der Waals surface area contributed by atoms with E-state index in [9.17, 15) is 137 Å². The van der Waals surface area contributed by atoms with Gasteiger partial charge in [0, 0.05) is 41.2 Å². The van der Waals surface area contributed by atoms with Gasteiger partial charge in [0.15, 0.2) is 55.9 Å². The van der Waals surface area contributed by atoms with E-state index in [0.29, 0.717) is 32.8 Å². The smallest absolute Gasteiger partial charge is 0.726 e. The second-order valence-corrected chi connectivity index (χ2v) is 33.2.